The molecule has 0 saturated carbocycles. The van der Waals surface area contributed by atoms with Gasteiger partial charge in [0, 0.05) is 23.0 Å². The zero-order valence-electron chi connectivity index (χ0n) is 18.8. The highest BCUT2D eigenvalue weighted by Gasteiger charge is 2.33. The van der Waals surface area contributed by atoms with Crippen molar-refractivity contribution in [2.24, 2.45) is 0 Å². The van der Waals surface area contributed by atoms with E-state index < -0.39 is 0 Å². The first kappa shape index (κ1) is 23.8. The number of carbonyl (C=O) groups is 2. The zero-order valence-corrected chi connectivity index (χ0v) is 21.1. The molecule has 1 unspecified atom stereocenters. The van der Waals surface area contributed by atoms with E-state index >= 15 is 0 Å². The largest absolute Gasteiger partial charge is 0.491 e. The van der Waals surface area contributed by atoms with E-state index in [1.807, 2.05) is 54.5 Å². The van der Waals surface area contributed by atoms with Crippen molar-refractivity contribution < 1.29 is 14.3 Å². The first-order valence-corrected chi connectivity index (χ1v) is 13.2. The molecular formula is C25H27ClN2O3S2. The first-order chi connectivity index (χ1) is 16.0. The van der Waals surface area contributed by atoms with Crippen molar-refractivity contribution in [1.82, 2.24) is 9.80 Å². The number of nitrogens with zero attached hydrogens (tertiary/aromatic N) is 2. The van der Waals surface area contributed by atoms with Gasteiger partial charge in [0.2, 0.25) is 5.91 Å². The van der Waals surface area contributed by atoms with Gasteiger partial charge in [-0.2, -0.15) is 0 Å². The number of carbonyl (C=O) groups excluding carboxylic acids is 2. The van der Waals surface area contributed by atoms with Gasteiger partial charge in [-0.3, -0.25) is 9.59 Å². The lowest BCUT2D eigenvalue weighted by molar-refractivity contribution is -0.135. The van der Waals surface area contributed by atoms with E-state index in [4.69, 9.17) is 16.3 Å². The lowest BCUT2D eigenvalue weighted by atomic mass is 10.0. The summed E-state index contributed by atoms with van der Waals surface area (Å²) in [6.45, 7) is 5.54. The minimum atomic E-state index is -0.191. The van der Waals surface area contributed by atoms with Crippen LogP contribution in [0, 0.1) is 6.92 Å². The average molecular weight is 503 g/mol. The van der Waals surface area contributed by atoms with Gasteiger partial charge in [0.05, 0.1) is 10.9 Å². The van der Waals surface area contributed by atoms with Crippen molar-refractivity contribution in [3.05, 3.63) is 73.1 Å². The molecule has 2 amide bonds. The number of fused-ring (bicyclic) bond motifs is 1. The molecule has 1 aromatic carbocycles. The van der Waals surface area contributed by atoms with Gasteiger partial charge in [-0.05, 0) is 72.0 Å². The summed E-state index contributed by atoms with van der Waals surface area (Å²) in [6.07, 6.45) is 1.61. The fraction of sp³-hybridized carbons (Fsp3) is 0.360. The second-order valence-corrected chi connectivity index (χ2v) is 10.4. The topological polar surface area (TPSA) is 49.9 Å². The second-order valence-electron chi connectivity index (χ2n) is 8.08. The Morgan fingerprint density at radius 3 is 2.79 bits per heavy atom. The Hall–Kier alpha value is -2.35. The Morgan fingerprint density at radius 2 is 2.06 bits per heavy atom. The lowest BCUT2D eigenvalue weighted by Crippen LogP contribution is -2.48. The number of amides is 2. The van der Waals surface area contributed by atoms with E-state index in [1.165, 1.54) is 16.2 Å². The van der Waals surface area contributed by atoms with E-state index in [0.717, 1.165) is 29.7 Å². The summed E-state index contributed by atoms with van der Waals surface area (Å²) in [4.78, 5) is 31.9. The molecule has 1 aliphatic rings. The SMILES string of the molecule is CCCN(CC(=O)N1CCc2sccc2C1COc1ccc(Cl)c(C)c1)C(=O)c1cccs1. The molecule has 0 spiro atoms. The van der Waals surface area contributed by atoms with Gasteiger partial charge in [0.1, 0.15) is 18.9 Å². The summed E-state index contributed by atoms with van der Waals surface area (Å²) in [7, 11) is 0. The maximum Gasteiger partial charge on any atom is 0.264 e. The van der Waals surface area contributed by atoms with Crippen LogP contribution in [0.5, 0.6) is 5.75 Å². The van der Waals surface area contributed by atoms with Crippen molar-refractivity contribution in [3.63, 3.8) is 0 Å². The molecular weight excluding hydrogens is 476 g/mol. The summed E-state index contributed by atoms with van der Waals surface area (Å²) < 4.78 is 6.12. The minimum absolute atomic E-state index is 0.0499. The van der Waals surface area contributed by atoms with Crippen LogP contribution in [-0.2, 0) is 11.2 Å². The third-order valence-corrected chi connectivity index (χ3v) is 8.07. The van der Waals surface area contributed by atoms with Crippen LogP contribution < -0.4 is 4.74 Å². The first-order valence-electron chi connectivity index (χ1n) is 11.1. The molecule has 174 valence electrons. The predicted molar refractivity (Wildman–Crippen MR) is 135 cm³/mol. The van der Waals surface area contributed by atoms with Crippen LogP contribution >= 0.6 is 34.3 Å². The standard InChI is InChI=1S/C25H27ClN2O3S2/c1-3-10-27(25(30)23-5-4-12-32-23)15-24(29)28-11-8-22-19(9-13-33-22)21(28)16-31-18-6-7-20(26)17(2)14-18/h4-7,9,12-14,21H,3,8,10-11,15-16H2,1-2H3. The Bertz CT molecular complexity index is 1110. The third-order valence-electron chi connectivity index (χ3n) is 5.79. The van der Waals surface area contributed by atoms with E-state index in [2.05, 4.69) is 11.4 Å². The van der Waals surface area contributed by atoms with Crippen LogP contribution in [0.1, 0.15) is 45.1 Å². The van der Waals surface area contributed by atoms with Crippen molar-refractivity contribution in [3.8, 4) is 5.75 Å². The molecule has 0 saturated heterocycles. The van der Waals surface area contributed by atoms with Crippen LogP contribution in [0.3, 0.4) is 0 Å². The van der Waals surface area contributed by atoms with Crippen molar-refractivity contribution >= 4 is 46.1 Å². The molecule has 4 rings (SSSR count). The van der Waals surface area contributed by atoms with Gasteiger partial charge in [-0.25, -0.2) is 0 Å². The number of benzene rings is 1. The van der Waals surface area contributed by atoms with Crippen molar-refractivity contribution in [2.75, 3.05) is 26.2 Å². The number of hydrogen-bond acceptors (Lipinski definition) is 5. The van der Waals surface area contributed by atoms with Crippen LogP contribution in [-0.4, -0.2) is 47.9 Å². The zero-order chi connectivity index (χ0) is 23.4. The van der Waals surface area contributed by atoms with Crippen molar-refractivity contribution in [1.29, 1.82) is 0 Å². The molecule has 3 aromatic rings. The number of ether oxygens (including phenoxy) is 1. The van der Waals surface area contributed by atoms with Gasteiger partial charge in [-0.1, -0.05) is 24.6 Å². The molecule has 5 nitrogen and oxygen atoms in total. The van der Waals surface area contributed by atoms with E-state index in [0.29, 0.717) is 29.6 Å². The highest BCUT2D eigenvalue weighted by atomic mass is 35.5. The number of rotatable bonds is 8. The van der Waals surface area contributed by atoms with E-state index in [-0.39, 0.29) is 24.4 Å². The van der Waals surface area contributed by atoms with Gasteiger partial charge < -0.3 is 14.5 Å². The molecule has 1 aliphatic heterocycles. The molecule has 3 heterocycles. The second kappa shape index (κ2) is 10.7. The summed E-state index contributed by atoms with van der Waals surface area (Å²) in [5.41, 5.74) is 2.08. The Labute approximate surface area is 207 Å². The molecule has 1 atom stereocenters. The molecule has 33 heavy (non-hydrogen) atoms. The molecule has 2 aromatic heterocycles. The fourth-order valence-corrected chi connectivity index (χ4v) is 5.83. The smallest absolute Gasteiger partial charge is 0.264 e. The van der Waals surface area contributed by atoms with E-state index in [1.54, 1.807) is 16.2 Å². The number of aryl methyl sites for hydroxylation is 1. The predicted octanol–water partition coefficient (Wildman–Crippen LogP) is 5.83. The summed E-state index contributed by atoms with van der Waals surface area (Å²) >= 11 is 9.27. The molecule has 0 radical (unpaired) electrons. The highest BCUT2D eigenvalue weighted by molar-refractivity contribution is 7.12. The quantitative estimate of drug-likeness (QED) is 0.389. The Morgan fingerprint density at radius 1 is 1.21 bits per heavy atom. The van der Waals surface area contributed by atoms with E-state index in [9.17, 15) is 9.59 Å². The molecule has 0 aliphatic carbocycles. The average Bonchev–Trinajstić information content (AvgIpc) is 3.51. The Balaban J connectivity index is 1.51. The van der Waals surface area contributed by atoms with Crippen LogP contribution in [0.15, 0.2) is 47.2 Å². The van der Waals surface area contributed by atoms with Gasteiger partial charge in [0.15, 0.2) is 0 Å². The van der Waals surface area contributed by atoms with Crippen LogP contribution in [0.25, 0.3) is 0 Å². The minimum Gasteiger partial charge on any atom is -0.491 e. The fourth-order valence-electron chi connectivity index (χ4n) is 4.09. The summed E-state index contributed by atoms with van der Waals surface area (Å²) in [5, 5.41) is 4.65. The molecule has 0 bridgehead atoms. The van der Waals surface area contributed by atoms with Gasteiger partial charge in [-0.15, -0.1) is 22.7 Å². The maximum absolute atomic E-state index is 13.5. The number of halogens is 1. The maximum atomic E-state index is 13.5. The Kier molecular flexibility index (Phi) is 7.73. The normalized spacial score (nSPS) is 15.2. The summed E-state index contributed by atoms with van der Waals surface area (Å²) in [6, 6.07) is 11.1. The van der Waals surface area contributed by atoms with Gasteiger partial charge in [0.25, 0.3) is 5.91 Å². The summed E-state index contributed by atoms with van der Waals surface area (Å²) in [5.74, 6) is 0.594. The molecule has 0 N–H and O–H groups in total. The molecule has 8 heteroatoms. The third kappa shape index (κ3) is 5.42. The van der Waals surface area contributed by atoms with Crippen molar-refractivity contribution in [2.45, 2.75) is 32.7 Å². The van der Waals surface area contributed by atoms with Gasteiger partial charge >= 0.3 is 0 Å². The highest BCUT2D eigenvalue weighted by Crippen LogP contribution is 2.34. The molecule has 0 fully saturated rings. The monoisotopic (exact) mass is 502 g/mol. The van der Waals surface area contributed by atoms with Crippen LogP contribution in [0.2, 0.25) is 5.02 Å². The van der Waals surface area contributed by atoms with Crippen LogP contribution in [0.4, 0.5) is 0 Å². The lowest BCUT2D eigenvalue weighted by Gasteiger charge is -2.37. The number of thiophene rings is 2. The number of hydrogen-bond donors (Lipinski definition) is 0.